The van der Waals surface area contributed by atoms with Crippen molar-refractivity contribution in [2.75, 3.05) is 5.32 Å². The van der Waals surface area contributed by atoms with Gasteiger partial charge in [0.2, 0.25) is 5.13 Å². The molecule has 0 fully saturated rings. The van der Waals surface area contributed by atoms with Crippen molar-refractivity contribution >= 4 is 32.4 Å². The molecule has 0 amide bonds. The first-order valence-electron chi connectivity index (χ1n) is 3.22. The molecule has 0 radical (unpaired) electrons. The largest absolute Gasteiger partial charge is 0.408 e. The highest BCUT2D eigenvalue weighted by Crippen LogP contribution is 2.26. The van der Waals surface area contributed by atoms with Crippen LogP contribution in [0.3, 0.4) is 0 Å². The number of hydrogen-bond donors (Lipinski definition) is 1. The summed E-state index contributed by atoms with van der Waals surface area (Å²) < 4.78 is 36.5. The Morgan fingerprint density at radius 2 is 2.08 bits per heavy atom. The van der Waals surface area contributed by atoms with E-state index in [0.29, 0.717) is 3.92 Å². The zero-order valence-electron chi connectivity index (χ0n) is 6.39. The van der Waals surface area contributed by atoms with Crippen LogP contribution in [-0.4, -0.2) is 22.4 Å². The van der Waals surface area contributed by atoms with Crippen LogP contribution < -0.4 is 5.32 Å². The molecule has 1 aromatic rings. The van der Waals surface area contributed by atoms with E-state index >= 15 is 0 Å². The lowest BCUT2D eigenvalue weighted by Gasteiger charge is -2.15. The Bertz CT molecular complexity index is 287. The van der Waals surface area contributed by atoms with Crippen LogP contribution in [-0.2, 0) is 0 Å². The molecule has 0 aromatic carbocycles. The van der Waals surface area contributed by atoms with Gasteiger partial charge in [-0.3, -0.25) is 0 Å². The highest BCUT2D eigenvalue weighted by molar-refractivity contribution is 9.11. The van der Waals surface area contributed by atoms with E-state index in [0.717, 1.165) is 18.3 Å². The van der Waals surface area contributed by atoms with Gasteiger partial charge in [-0.2, -0.15) is 13.2 Å². The second-order valence-electron chi connectivity index (χ2n) is 2.27. The monoisotopic (exact) mass is 275 g/mol. The first-order chi connectivity index (χ1) is 5.89. The molecule has 0 aliphatic rings. The second-order valence-corrected chi connectivity index (χ2v) is 4.52. The zero-order chi connectivity index (χ0) is 10.1. The van der Waals surface area contributed by atoms with Gasteiger partial charge in [-0.25, -0.2) is 0 Å². The Morgan fingerprint density at radius 1 is 1.46 bits per heavy atom. The fraction of sp³-hybridized carbons (Fsp3) is 0.600. The van der Waals surface area contributed by atoms with Gasteiger partial charge in [0.1, 0.15) is 6.04 Å². The molecular weight excluding hydrogens is 271 g/mol. The van der Waals surface area contributed by atoms with Crippen LogP contribution in [0.5, 0.6) is 0 Å². The summed E-state index contributed by atoms with van der Waals surface area (Å²) in [7, 11) is 0. The highest BCUT2D eigenvalue weighted by atomic mass is 79.9. The normalized spacial score (nSPS) is 14.2. The van der Waals surface area contributed by atoms with Crippen LogP contribution in [0.1, 0.15) is 6.92 Å². The van der Waals surface area contributed by atoms with Crippen LogP contribution in [0.4, 0.5) is 18.3 Å². The van der Waals surface area contributed by atoms with E-state index in [9.17, 15) is 13.2 Å². The van der Waals surface area contributed by atoms with Gasteiger partial charge in [0.25, 0.3) is 0 Å². The van der Waals surface area contributed by atoms with Crippen molar-refractivity contribution in [2.24, 2.45) is 0 Å². The summed E-state index contributed by atoms with van der Waals surface area (Å²) >= 11 is 4.01. The molecule has 0 spiro atoms. The zero-order valence-corrected chi connectivity index (χ0v) is 8.79. The number of halogens is 4. The number of alkyl halides is 3. The van der Waals surface area contributed by atoms with Crippen LogP contribution in [0.2, 0.25) is 0 Å². The molecule has 1 atom stereocenters. The van der Waals surface area contributed by atoms with E-state index in [4.69, 9.17) is 0 Å². The number of aromatic nitrogens is 2. The summed E-state index contributed by atoms with van der Waals surface area (Å²) in [5.41, 5.74) is 0. The van der Waals surface area contributed by atoms with E-state index in [1.807, 2.05) is 0 Å². The van der Waals surface area contributed by atoms with Crippen molar-refractivity contribution in [3.05, 3.63) is 3.92 Å². The standard InChI is InChI=1S/C5H5BrF3N3S/c1-2(5(7,8)9)10-4-12-11-3(6)13-4/h2H,1H3,(H,10,12). The molecular formula is C5H5BrF3N3S. The summed E-state index contributed by atoms with van der Waals surface area (Å²) in [6.45, 7) is 1.02. The first kappa shape index (κ1) is 10.7. The predicted octanol–water partition coefficient (Wildman–Crippen LogP) is 2.66. The van der Waals surface area contributed by atoms with E-state index in [1.54, 1.807) is 0 Å². The first-order valence-corrected chi connectivity index (χ1v) is 4.83. The summed E-state index contributed by atoms with van der Waals surface area (Å²) in [6.07, 6.45) is -4.27. The lowest BCUT2D eigenvalue weighted by Crippen LogP contribution is -2.32. The number of hydrogen-bond acceptors (Lipinski definition) is 4. The molecule has 1 rings (SSSR count). The SMILES string of the molecule is CC(Nc1nnc(Br)s1)C(F)(F)F. The molecule has 3 nitrogen and oxygen atoms in total. The topological polar surface area (TPSA) is 37.8 Å². The lowest BCUT2D eigenvalue weighted by molar-refractivity contribution is -0.138. The second kappa shape index (κ2) is 3.79. The predicted molar refractivity (Wildman–Crippen MR) is 46.7 cm³/mol. The maximum Gasteiger partial charge on any atom is 0.408 e. The van der Waals surface area contributed by atoms with Gasteiger partial charge in [-0.1, -0.05) is 11.3 Å². The van der Waals surface area contributed by atoms with Gasteiger partial charge in [0.15, 0.2) is 3.92 Å². The third-order valence-corrected chi connectivity index (χ3v) is 2.52. The van der Waals surface area contributed by atoms with Gasteiger partial charge >= 0.3 is 6.18 Å². The van der Waals surface area contributed by atoms with Crippen LogP contribution >= 0.6 is 27.3 Å². The van der Waals surface area contributed by atoms with Gasteiger partial charge in [0.05, 0.1) is 0 Å². The van der Waals surface area contributed by atoms with Crippen molar-refractivity contribution in [2.45, 2.75) is 19.1 Å². The Labute approximate surface area is 84.5 Å². The maximum absolute atomic E-state index is 12.0. The summed E-state index contributed by atoms with van der Waals surface area (Å²) in [5.74, 6) is 0. The minimum atomic E-state index is -4.27. The number of nitrogens with zero attached hydrogens (tertiary/aromatic N) is 2. The molecule has 0 aliphatic heterocycles. The fourth-order valence-corrected chi connectivity index (χ4v) is 1.63. The number of nitrogens with one attached hydrogen (secondary N) is 1. The van der Waals surface area contributed by atoms with Gasteiger partial charge in [-0.15, -0.1) is 10.2 Å². The maximum atomic E-state index is 12.0. The smallest absolute Gasteiger partial charge is 0.349 e. The molecule has 0 bridgehead atoms. The van der Waals surface area contributed by atoms with Gasteiger partial charge < -0.3 is 5.32 Å². The van der Waals surface area contributed by atoms with Crippen LogP contribution in [0.25, 0.3) is 0 Å². The van der Waals surface area contributed by atoms with Crippen molar-refractivity contribution in [1.82, 2.24) is 10.2 Å². The Kier molecular flexibility index (Phi) is 3.12. The number of anilines is 1. The summed E-state index contributed by atoms with van der Waals surface area (Å²) in [4.78, 5) is 0. The molecule has 1 unspecified atom stereocenters. The fourth-order valence-electron chi connectivity index (χ4n) is 0.531. The van der Waals surface area contributed by atoms with Crippen molar-refractivity contribution in [3.8, 4) is 0 Å². The highest BCUT2D eigenvalue weighted by Gasteiger charge is 2.36. The Morgan fingerprint density at radius 3 is 2.46 bits per heavy atom. The van der Waals surface area contributed by atoms with E-state index < -0.39 is 12.2 Å². The third-order valence-electron chi connectivity index (χ3n) is 1.23. The van der Waals surface area contributed by atoms with Crippen LogP contribution in [0.15, 0.2) is 3.92 Å². The van der Waals surface area contributed by atoms with Gasteiger partial charge in [0, 0.05) is 0 Å². The molecule has 8 heteroatoms. The summed E-state index contributed by atoms with van der Waals surface area (Å²) in [5, 5.41) is 9.33. The molecule has 13 heavy (non-hydrogen) atoms. The number of rotatable bonds is 2. The minimum absolute atomic E-state index is 0.150. The van der Waals surface area contributed by atoms with Crippen molar-refractivity contribution in [1.29, 1.82) is 0 Å². The van der Waals surface area contributed by atoms with E-state index in [-0.39, 0.29) is 5.13 Å². The Balaban J connectivity index is 2.60. The molecule has 74 valence electrons. The van der Waals surface area contributed by atoms with Gasteiger partial charge in [-0.05, 0) is 22.9 Å². The molecule has 1 heterocycles. The van der Waals surface area contributed by atoms with E-state index in [2.05, 4.69) is 31.4 Å². The third kappa shape index (κ3) is 3.11. The van der Waals surface area contributed by atoms with Crippen molar-refractivity contribution < 1.29 is 13.2 Å². The average Bonchev–Trinajstić information content (AvgIpc) is 2.33. The van der Waals surface area contributed by atoms with E-state index in [1.165, 1.54) is 0 Å². The average molecular weight is 276 g/mol. The van der Waals surface area contributed by atoms with Crippen LogP contribution in [0, 0.1) is 0 Å². The molecule has 0 saturated heterocycles. The molecule has 0 aliphatic carbocycles. The molecule has 0 saturated carbocycles. The molecule has 1 N–H and O–H groups in total. The Hall–Kier alpha value is -0.370. The quantitative estimate of drug-likeness (QED) is 0.902. The van der Waals surface area contributed by atoms with Crippen molar-refractivity contribution in [3.63, 3.8) is 0 Å². The molecule has 1 aromatic heterocycles. The minimum Gasteiger partial charge on any atom is -0.349 e. The summed E-state index contributed by atoms with van der Waals surface area (Å²) in [6, 6.07) is -1.62. The lowest BCUT2D eigenvalue weighted by atomic mass is 10.3.